The summed E-state index contributed by atoms with van der Waals surface area (Å²) < 4.78 is 10.2. The van der Waals surface area contributed by atoms with Crippen molar-refractivity contribution in [1.29, 1.82) is 0 Å². The first kappa shape index (κ1) is 19.1. The van der Waals surface area contributed by atoms with E-state index in [0.717, 1.165) is 0 Å². The fourth-order valence-corrected chi connectivity index (χ4v) is 3.38. The molecule has 0 saturated carbocycles. The zero-order chi connectivity index (χ0) is 21.3. The molecule has 1 fully saturated rings. The Morgan fingerprint density at radius 2 is 1.87 bits per heavy atom. The van der Waals surface area contributed by atoms with Crippen LogP contribution in [0.3, 0.4) is 0 Å². The van der Waals surface area contributed by atoms with Crippen molar-refractivity contribution in [2.45, 2.75) is 6.04 Å². The zero-order valence-electron chi connectivity index (χ0n) is 15.8. The largest absolute Gasteiger partial charge is 0.507 e. The summed E-state index contributed by atoms with van der Waals surface area (Å²) in [6.07, 6.45) is 4.34. The van der Waals surface area contributed by atoms with Gasteiger partial charge in [-0.1, -0.05) is 6.07 Å². The number of aliphatic hydroxyl groups is 1. The fourth-order valence-electron chi connectivity index (χ4n) is 3.38. The number of Topliss-reactive ketones (excluding diaryl/α,β-unsaturated/α-hetero) is 1. The number of ketones is 1. The van der Waals surface area contributed by atoms with E-state index in [1.807, 2.05) is 0 Å². The third kappa shape index (κ3) is 3.14. The minimum Gasteiger partial charge on any atom is -0.507 e. The van der Waals surface area contributed by atoms with Crippen LogP contribution in [0.25, 0.3) is 5.76 Å². The van der Waals surface area contributed by atoms with Gasteiger partial charge in [-0.2, -0.15) is 0 Å². The number of ether oxygens (including phenoxy) is 1. The number of nitrogens with zero attached hydrogens (tertiary/aromatic N) is 2. The van der Waals surface area contributed by atoms with E-state index >= 15 is 0 Å². The predicted molar refractivity (Wildman–Crippen MR) is 106 cm³/mol. The molecular weight excluding hydrogens is 388 g/mol. The number of aromatic nitrogens is 1. The summed E-state index contributed by atoms with van der Waals surface area (Å²) in [4.78, 5) is 42.9. The molecule has 3 heterocycles. The first-order valence-corrected chi connectivity index (χ1v) is 8.96. The molecule has 30 heavy (non-hydrogen) atoms. The molecule has 150 valence electrons. The molecule has 0 radical (unpaired) electrons. The van der Waals surface area contributed by atoms with Crippen molar-refractivity contribution in [3.8, 4) is 0 Å². The number of benzene rings is 1. The summed E-state index contributed by atoms with van der Waals surface area (Å²) in [7, 11) is 1.25. The third-order valence-corrected chi connectivity index (χ3v) is 4.76. The van der Waals surface area contributed by atoms with Crippen LogP contribution in [0, 0.1) is 0 Å². The average Bonchev–Trinajstić information content (AvgIpc) is 3.40. The van der Waals surface area contributed by atoms with Crippen LogP contribution in [0.1, 0.15) is 27.7 Å². The van der Waals surface area contributed by atoms with Crippen LogP contribution in [0.5, 0.6) is 0 Å². The van der Waals surface area contributed by atoms with E-state index in [-0.39, 0.29) is 28.3 Å². The second kappa shape index (κ2) is 7.67. The van der Waals surface area contributed by atoms with Crippen LogP contribution < -0.4 is 4.90 Å². The lowest BCUT2D eigenvalue weighted by Crippen LogP contribution is -2.29. The monoisotopic (exact) mass is 404 g/mol. The minimum atomic E-state index is -1.01. The van der Waals surface area contributed by atoms with Gasteiger partial charge in [0.05, 0.1) is 24.5 Å². The van der Waals surface area contributed by atoms with Crippen molar-refractivity contribution < 1.29 is 28.6 Å². The number of rotatable bonds is 4. The standard InChI is InChI=1S/C22H16N2O6/c1-29-22(28)14-4-2-5-15(12-14)24-18(16-6-3-11-30-16)17(20(26)21(24)27)19(25)13-7-9-23-10-8-13/h2-12,18,25H,1H3/b19-17-. The molecule has 1 amide bonds. The lowest BCUT2D eigenvalue weighted by Gasteiger charge is -2.23. The summed E-state index contributed by atoms with van der Waals surface area (Å²) >= 11 is 0. The number of pyridine rings is 1. The average molecular weight is 404 g/mol. The number of esters is 1. The lowest BCUT2D eigenvalue weighted by atomic mass is 9.99. The zero-order valence-corrected chi connectivity index (χ0v) is 15.8. The van der Waals surface area contributed by atoms with Crippen molar-refractivity contribution in [1.82, 2.24) is 4.98 Å². The van der Waals surface area contributed by atoms with Crippen molar-refractivity contribution in [3.05, 3.63) is 89.6 Å². The Kier molecular flexibility index (Phi) is 4.89. The quantitative estimate of drug-likeness (QED) is 0.308. The van der Waals surface area contributed by atoms with Gasteiger partial charge in [0.2, 0.25) is 0 Å². The van der Waals surface area contributed by atoms with Crippen LogP contribution in [0.15, 0.2) is 77.2 Å². The Morgan fingerprint density at radius 3 is 2.53 bits per heavy atom. The Bertz CT molecular complexity index is 1150. The number of aliphatic hydroxyl groups excluding tert-OH is 1. The van der Waals surface area contributed by atoms with Crippen LogP contribution in [0.4, 0.5) is 5.69 Å². The Hall–Kier alpha value is -4.20. The Morgan fingerprint density at radius 1 is 1.10 bits per heavy atom. The molecule has 1 atom stereocenters. The molecule has 1 aliphatic rings. The number of furan rings is 1. The van der Waals surface area contributed by atoms with Crippen LogP contribution in [-0.4, -0.2) is 34.9 Å². The number of anilines is 1. The van der Waals surface area contributed by atoms with Crippen LogP contribution in [0.2, 0.25) is 0 Å². The molecule has 0 spiro atoms. The number of carbonyl (C=O) groups excluding carboxylic acids is 3. The Balaban J connectivity index is 1.91. The van der Waals surface area contributed by atoms with Gasteiger partial charge in [0.1, 0.15) is 17.6 Å². The smallest absolute Gasteiger partial charge is 0.337 e. The van der Waals surface area contributed by atoms with Gasteiger partial charge in [-0.05, 0) is 42.5 Å². The molecule has 4 rings (SSSR count). The van der Waals surface area contributed by atoms with Gasteiger partial charge < -0.3 is 14.3 Å². The molecule has 3 aromatic rings. The van der Waals surface area contributed by atoms with Gasteiger partial charge in [0.25, 0.3) is 11.7 Å². The summed E-state index contributed by atoms with van der Waals surface area (Å²) in [5, 5.41) is 10.9. The number of amides is 1. The predicted octanol–water partition coefficient (Wildman–Crippen LogP) is 3.09. The van der Waals surface area contributed by atoms with Gasteiger partial charge in [-0.25, -0.2) is 4.79 Å². The molecule has 0 aliphatic carbocycles. The van der Waals surface area contributed by atoms with Crippen molar-refractivity contribution in [2.24, 2.45) is 0 Å². The molecule has 1 N–H and O–H groups in total. The highest BCUT2D eigenvalue weighted by atomic mass is 16.5. The van der Waals surface area contributed by atoms with Gasteiger partial charge in [-0.15, -0.1) is 0 Å². The Labute approximate surface area is 171 Å². The molecule has 1 saturated heterocycles. The van der Waals surface area contributed by atoms with E-state index in [0.29, 0.717) is 5.56 Å². The molecule has 8 heteroatoms. The molecular formula is C22H16N2O6. The number of hydrogen-bond acceptors (Lipinski definition) is 7. The third-order valence-electron chi connectivity index (χ3n) is 4.76. The maximum Gasteiger partial charge on any atom is 0.337 e. The highest BCUT2D eigenvalue weighted by Crippen LogP contribution is 2.42. The lowest BCUT2D eigenvalue weighted by molar-refractivity contribution is -0.132. The van der Waals surface area contributed by atoms with E-state index in [2.05, 4.69) is 4.98 Å². The van der Waals surface area contributed by atoms with Gasteiger partial charge in [0.15, 0.2) is 0 Å². The van der Waals surface area contributed by atoms with Crippen LogP contribution >= 0.6 is 0 Å². The number of methoxy groups -OCH3 is 1. The SMILES string of the molecule is COC(=O)c1cccc(N2C(=O)C(=O)/C(=C(\O)c3ccncc3)C2c2ccco2)c1. The molecule has 1 aromatic carbocycles. The van der Waals surface area contributed by atoms with Gasteiger partial charge in [-0.3, -0.25) is 19.5 Å². The normalized spacial score (nSPS) is 17.9. The minimum absolute atomic E-state index is 0.121. The summed E-state index contributed by atoms with van der Waals surface area (Å²) in [6.45, 7) is 0. The van der Waals surface area contributed by atoms with Gasteiger partial charge >= 0.3 is 5.97 Å². The summed E-state index contributed by atoms with van der Waals surface area (Å²) in [6, 6.07) is 11.4. The molecule has 2 aromatic heterocycles. The number of hydrogen-bond donors (Lipinski definition) is 1. The topological polar surface area (TPSA) is 110 Å². The first-order valence-electron chi connectivity index (χ1n) is 8.96. The second-order valence-corrected chi connectivity index (χ2v) is 6.46. The highest BCUT2D eigenvalue weighted by Gasteiger charge is 2.48. The van der Waals surface area contributed by atoms with Crippen molar-refractivity contribution >= 4 is 29.1 Å². The van der Waals surface area contributed by atoms with E-state index < -0.39 is 23.7 Å². The van der Waals surface area contributed by atoms with Gasteiger partial charge in [0, 0.05) is 23.6 Å². The maximum absolute atomic E-state index is 13.0. The molecule has 0 bridgehead atoms. The summed E-state index contributed by atoms with van der Waals surface area (Å²) in [5.41, 5.74) is 0.715. The highest BCUT2D eigenvalue weighted by molar-refractivity contribution is 6.51. The van der Waals surface area contributed by atoms with E-state index in [9.17, 15) is 19.5 Å². The van der Waals surface area contributed by atoms with E-state index in [4.69, 9.17) is 9.15 Å². The van der Waals surface area contributed by atoms with E-state index in [1.54, 1.807) is 24.3 Å². The molecule has 1 aliphatic heterocycles. The first-order chi connectivity index (χ1) is 14.5. The number of carbonyl (C=O) groups is 3. The second-order valence-electron chi connectivity index (χ2n) is 6.46. The molecule has 8 nitrogen and oxygen atoms in total. The van der Waals surface area contributed by atoms with Crippen molar-refractivity contribution in [2.75, 3.05) is 12.0 Å². The van der Waals surface area contributed by atoms with Crippen LogP contribution in [-0.2, 0) is 14.3 Å². The fraction of sp³-hybridized carbons (Fsp3) is 0.0909. The van der Waals surface area contributed by atoms with Crippen molar-refractivity contribution in [3.63, 3.8) is 0 Å². The maximum atomic E-state index is 13.0. The van der Waals surface area contributed by atoms with E-state index in [1.165, 1.54) is 54.9 Å². The molecule has 1 unspecified atom stereocenters. The summed E-state index contributed by atoms with van der Waals surface area (Å²) in [5.74, 6) is -2.36.